The minimum absolute atomic E-state index is 0.00454. The Bertz CT molecular complexity index is 812. The van der Waals surface area contributed by atoms with Gasteiger partial charge in [0, 0.05) is 5.56 Å². The van der Waals surface area contributed by atoms with Crippen LogP contribution >= 0.6 is 127 Å². The van der Waals surface area contributed by atoms with Crippen LogP contribution in [-0.4, -0.2) is 45.8 Å². The van der Waals surface area contributed by atoms with Gasteiger partial charge in [0.2, 0.25) is 0 Å². The molecule has 6 nitrogen and oxygen atoms in total. The largest absolute Gasteiger partial charge is 0.567 e. The molecular formula is C10H5BBr8N6. The minimum Gasteiger partial charge on any atom is -0.278 e. The monoisotopic (exact) mass is 851 g/mol. The highest BCUT2D eigenvalue weighted by atomic mass is 79.9. The Labute approximate surface area is 211 Å². The van der Waals surface area contributed by atoms with Gasteiger partial charge in [0.05, 0.1) is 13.9 Å². The van der Waals surface area contributed by atoms with Gasteiger partial charge >= 0.3 is 7.12 Å². The van der Waals surface area contributed by atoms with Gasteiger partial charge in [-0.05, 0) is 103 Å². The molecule has 0 bridgehead atoms. The lowest BCUT2D eigenvalue weighted by Crippen LogP contribution is -2.52. The molecule has 0 saturated carbocycles. The number of hydrogen-bond acceptors (Lipinski definition) is 4. The second-order valence-electron chi connectivity index (χ2n) is 4.91. The summed E-state index contributed by atoms with van der Waals surface area (Å²) in [6, 6.07) is 0. The van der Waals surface area contributed by atoms with Crippen molar-refractivity contribution in [3.8, 4) is 0 Å². The fourth-order valence-corrected chi connectivity index (χ4v) is 6.21. The summed E-state index contributed by atoms with van der Waals surface area (Å²) in [5.74, 6) is 0. The fourth-order valence-electron chi connectivity index (χ4n) is 2.12. The summed E-state index contributed by atoms with van der Waals surface area (Å²) in [5, 5.41) is 13.8. The van der Waals surface area contributed by atoms with E-state index >= 15 is 0 Å². The first-order valence-corrected chi connectivity index (χ1v) is 13.0. The number of hydrogen-bond donors (Lipinski definition) is 0. The van der Waals surface area contributed by atoms with Crippen molar-refractivity contribution in [2.24, 2.45) is 5.10 Å². The molecule has 0 unspecified atom stereocenters. The van der Waals surface area contributed by atoms with Crippen LogP contribution in [0.1, 0.15) is 5.56 Å². The van der Waals surface area contributed by atoms with E-state index in [9.17, 15) is 0 Å². The first-order chi connectivity index (χ1) is 11.6. The summed E-state index contributed by atoms with van der Waals surface area (Å²) in [6.45, 7) is 1.97. The van der Waals surface area contributed by atoms with Gasteiger partial charge in [-0.2, -0.15) is 15.3 Å². The first kappa shape index (κ1) is 21.5. The molecular weight excluding hydrogens is 854 g/mol. The highest BCUT2D eigenvalue weighted by molar-refractivity contribution is 9.20. The lowest BCUT2D eigenvalue weighted by Gasteiger charge is -2.27. The van der Waals surface area contributed by atoms with E-state index in [0.29, 0.717) is 4.60 Å². The number of alkyl halides is 2. The van der Waals surface area contributed by atoms with E-state index in [1.807, 2.05) is 11.8 Å². The smallest absolute Gasteiger partial charge is 0.278 e. The highest BCUT2D eigenvalue weighted by Gasteiger charge is 2.45. The first-order valence-electron chi connectivity index (χ1n) is 6.44. The van der Waals surface area contributed by atoms with Gasteiger partial charge in [-0.25, -0.2) is 0 Å². The molecule has 2 atom stereocenters. The normalized spacial score (nSPS) is 20.4. The third-order valence-corrected chi connectivity index (χ3v) is 12.1. The molecule has 2 aromatic heterocycles. The molecule has 3 heterocycles. The second kappa shape index (κ2) is 8.27. The van der Waals surface area contributed by atoms with Crippen molar-refractivity contribution >= 4 is 139 Å². The maximum atomic E-state index is 4.63. The Morgan fingerprint density at radius 1 is 0.880 bits per heavy atom. The summed E-state index contributed by atoms with van der Waals surface area (Å²) < 4.78 is 8.16. The van der Waals surface area contributed by atoms with Crippen molar-refractivity contribution in [3.05, 3.63) is 28.4 Å². The lowest BCUT2D eigenvalue weighted by atomic mass is 9.93. The van der Waals surface area contributed by atoms with Crippen molar-refractivity contribution in [2.75, 3.05) is 0 Å². The van der Waals surface area contributed by atoms with Crippen LogP contribution in [0.25, 0.3) is 0 Å². The van der Waals surface area contributed by atoms with Gasteiger partial charge in [-0.15, -0.1) is 0 Å². The van der Waals surface area contributed by atoms with Crippen LogP contribution in [0.5, 0.6) is 0 Å². The average molecular weight is 859 g/mol. The van der Waals surface area contributed by atoms with Gasteiger partial charge in [0.15, 0.2) is 0 Å². The quantitative estimate of drug-likeness (QED) is 0.214. The van der Waals surface area contributed by atoms with Crippen LogP contribution in [0.4, 0.5) is 0 Å². The Balaban J connectivity index is 2.22. The van der Waals surface area contributed by atoms with Crippen LogP contribution in [-0.2, 0) is 0 Å². The van der Waals surface area contributed by atoms with Crippen molar-refractivity contribution in [1.29, 1.82) is 0 Å². The van der Waals surface area contributed by atoms with E-state index < -0.39 is 7.12 Å². The van der Waals surface area contributed by atoms with Crippen molar-refractivity contribution in [3.63, 3.8) is 0 Å². The topological polar surface area (TPSA) is 51.2 Å². The van der Waals surface area contributed by atoms with E-state index in [1.165, 1.54) is 0 Å². The van der Waals surface area contributed by atoms with Crippen molar-refractivity contribution < 1.29 is 0 Å². The number of halogens is 8. The number of rotatable bonds is 3. The van der Waals surface area contributed by atoms with Gasteiger partial charge < -0.3 is 0 Å². The Hall–Kier alpha value is 1.79. The summed E-state index contributed by atoms with van der Waals surface area (Å²) in [5.41, 5.74) is 0.982. The zero-order valence-electron chi connectivity index (χ0n) is 11.9. The molecule has 1 aliphatic rings. The predicted octanol–water partition coefficient (Wildman–Crippen LogP) is 6.09. The average Bonchev–Trinajstić information content (AvgIpc) is 3.08. The van der Waals surface area contributed by atoms with Crippen LogP contribution in [0.15, 0.2) is 28.0 Å². The van der Waals surface area contributed by atoms with Crippen LogP contribution in [0.3, 0.4) is 0 Å². The van der Waals surface area contributed by atoms with Gasteiger partial charge in [-0.3, -0.25) is 14.1 Å². The Morgan fingerprint density at radius 3 is 1.84 bits per heavy atom. The molecule has 25 heavy (non-hydrogen) atoms. The molecule has 0 amide bonds. The number of hydrazone groups is 1. The molecule has 0 radical (unpaired) electrons. The van der Waals surface area contributed by atoms with E-state index in [0.717, 1.165) is 28.5 Å². The van der Waals surface area contributed by atoms with Gasteiger partial charge in [0.1, 0.15) is 23.4 Å². The summed E-state index contributed by atoms with van der Waals surface area (Å²) in [7, 11) is -0.476. The summed E-state index contributed by atoms with van der Waals surface area (Å²) >= 11 is 28.5. The third-order valence-electron chi connectivity index (χ3n) is 3.38. The molecule has 0 fully saturated rings. The van der Waals surface area contributed by atoms with Crippen molar-refractivity contribution in [1.82, 2.24) is 24.3 Å². The molecule has 0 N–H and O–H groups in total. The number of aromatic nitrogens is 4. The highest BCUT2D eigenvalue weighted by Crippen LogP contribution is 2.36. The molecule has 1 aliphatic heterocycles. The lowest BCUT2D eigenvalue weighted by molar-refractivity contribution is 0.450. The summed E-state index contributed by atoms with van der Waals surface area (Å²) in [6.07, 6.45) is 0. The van der Waals surface area contributed by atoms with Gasteiger partial charge in [0.25, 0.3) is 0 Å². The molecule has 0 aliphatic carbocycles. The molecule has 0 saturated heterocycles. The summed E-state index contributed by atoms with van der Waals surface area (Å²) in [4.78, 5) is 1.75. The molecule has 134 valence electrons. The molecule has 0 aromatic carbocycles. The SMILES string of the molecule is Cc1c(Br)nn(B(N2N=C(Br)[C@@H](Br)[C@H]2Br)n2nc(Br)c(Br)c2Br)c1Br. The standard InChI is InChI=1S/C10H5BBr8N6/c1-2-5(14)20-23(8(2)17)11(24-9(18)3(12)6(15)21-24)25-10(19)4(13)7(16)22-25/h3,9H,1H3/t3-,9+/m1/s1. The van der Waals surface area contributed by atoms with E-state index in [1.54, 1.807) is 9.19 Å². The maximum Gasteiger partial charge on any atom is 0.567 e. The minimum atomic E-state index is -0.476. The Morgan fingerprint density at radius 2 is 1.44 bits per heavy atom. The molecule has 3 rings (SSSR count). The van der Waals surface area contributed by atoms with Crippen LogP contribution in [0, 0.1) is 6.92 Å². The zero-order valence-corrected chi connectivity index (χ0v) is 24.6. The van der Waals surface area contributed by atoms with Crippen molar-refractivity contribution in [2.45, 2.75) is 16.7 Å². The van der Waals surface area contributed by atoms with Gasteiger partial charge in [-0.1, -0.05) is 31.9 Å². The van der Waals surface area contributed by atoms with E-state index in [-0.39, 0.29) is 9.78 Å². The molecule has 15 heteroatoms. The molecule has 2 aromatic rings. The van der Waals surface area contributed by atoms with E-state index in [4.69, 9.17) is 0 Å². The number of nitrogens with zero attached hydrogens (tertiary/aromatic N) is 6. The second-order valence-corrected chi connectivity index (χ2v) is 11.4. The maximum absolute atomic E-state index is 4.63. The van der Waals surface area contributed by atoms with Crippen LogP contribution < -0.4 is 0 Å². The predicted molar refractivity (Wildman–Crippen MR) is 128 cm³/mol. The fraction of sp³-hybridized carbons (Fsp3) is 0.300. The van der Waals surface area contributed by atoms with E-state index in [2.05, 4.69) is 143 Å². The third kappa shape index (κ3) is 3.82. The zero-order chi connectivity index (χ0) is 18.6. The molecule has 0 spiro atoms. The Kier molecular flexibility index (Phi) is 7.11. The van der Waals surface area contributed by atoms with Crippen LogP contribution in [0.2, 0.25) is 0 Å².